The number of halogens is 1. The molecule has 0 spiro atoms. The van der Waals surface area contributed by atoms with Crippen LogP contribution in [0.25, 0.3) is 0 Å². The molecule has 1 heterocycles. The first kappa shape index (κ1) is 14.1. The monoisotopic (exact) mass is 326 g/mol. The Morgan fingerprint density at radius 2 is 2.16 bits per heavy atom. The Morgan fingerprint density at radius 1 is 1.47 bits per heavy atom. The molecule has 0 fully saturated rings. The van der Waals surface area contributed by atoms with E-state index in [9.17, 15) is 9.59 Å². The highest BCUT2D eigenvalue weighted by Gasteiger charge is 2.34. The van der Waals surface area contributed by atoms with Crippen molar-refractivity contribution in [3.05, 3.63) is 27.7 Å². The van der Waals surface area contributed by atoms with Crippen LogP contribution in [0.15, 0.2) is 16.6 Å². The van der Waals surface area contributed by atoms with Gasteiger partial charge in [-0.1, -0.05) is 0 Å². The zero-order chi connectivity index (χ0) is 14.2. The summed E-state index contributed by atoms with van der Waals surface area (Å²) in [5, 5.41) is 0. The highest BCUT2D eigenvalue weighted by atomic mass is 79.9. The molecule has 1 aliphatic rings. The quantitative estimate of drug-likeness (QED) is 0.782. The number of hydrogen-bond donors (Lipinski definition) is 0. The Bertz CT molecular complexity index is 549. The second-order valence-electron chi connectivity index (χ2n) is 5.02. The molecular weight excluding hydrogens is 312 g/mol. The minimum atomic E-state index is -0.530. The molecule has 0 saturated carbocycles. The standard InChI is InChI=1S/C14H15BrO4/c1-4-18-13(17)8-5-9-11(16)7-14(2,3)19-12(9)10(15)6-8/h5-6H,4,7H2,1-3H3. The fourth-order valence-corrected chi connectivity index (χ4v) is 2.57. The number of carbonyl (C=O) groups excluding carboxylic acids is 2. The van der Waals surface area contributed by atoms with Gasteiger partial charge in [0.2, 0.25) is 0 Å². The molecule has 5 heteroatoms. The van der Waals surface area contributed by atoms with Gasteiger partial charge in [-0.05, 0) is 48.8 Å². The number of ether oxygens (including phenoxy) is 2. The Labute approximate surface area is 120 Å². The highest BCUT2D eigenvalue weighted by molar-refractivity contribution is 9.10. The van der Waals surface area contributed by atoms with E-state index in [1.165, 1.54) is 6.07 Å². The van der Waals surface area contributed by atoms with Crippen LogP contribution in [-0.4, -0.2) is 24.0 Å². The van der Waals surface area contributed by atoms with E-state index in [1.54, 1.807) is 13.0 Å². The fourth-order valence-electron chi connectivity index (χ4n) is 2.03. The van der Waals surface area contributed by atoms with Crippen LogP contribution >= 0.6 is 15.9 Å². The average molecular weight is 327 g/mol. The van der Waals surface area contributed by atoms with E-state index in [0.717, 1.165) is 0 Å². The van der Waals surface area contributed by atoms with Gasteiger partial charge < -0.3 is 9.47 Å². The summed E-state index contributed by atoms with van der Waals surface area (Å²) >= 11 is 3.35. The van der Waals surface area contributed by atoms with Gasteiger partial charge in [0.05, 0.1) is 28.6 Å². The highest BCUT2D eigenvalue weighted by Crippen LogP contribution is 2.39. The molecule has 0 saturated heterocycles. The Kier molecular flexibility index (Phi) is 3.67. The molecule has 0 aromatic heterocycles. The second-order valence-corrected chi connectivity index (χ2v) is 5.87. The largest absolute Gasteiger partial charge is 0.485 e. The van der Waals surface area contributed by atoms with Crippen LogP contribution in [0.5, 0.6) is 5.75 Å². The third-order valence-electron chi connectivity index (χ3n) is 2.82. The lowest BCUT2D eigenvalue weighted by atomic mass is 9.92. The third kappa shape index (κ3) is 2.81. The van der Waals surface area contributed by atoms with Crippen molar-refractivity contribution in [1.29, 1.82) is 0 Å². The summed E-state index contributed by atoms with van der Waals surface area (Å²) < 4.78 is 11.3. The molecule has 0 N–H and O–H groups in total. The summed E-state index contributed by atoms with van der Waals surface area (Å²) in [7, 11) is 0. The maximum atomic E-state index is 12.1. The lowest BCUT2D eigenvalue weighted by Gasteiger charge is -2.32. The minimum Gasteiger partial charge on any atom is -0.485 e. The molecule has 102 valence electrons. The normalized spacial score (nSPS) is 16.5. The molecule has 0 amide bonds. The predicted molar refractivity (Wildman–Crippen MR) is 73.8 cm³/mol. The maximum Gasteiger partial charge on any atom is 0.338 e. The van der Waals surface area contributed by atoms with E-state index >= 15 is 0 Å². The molecule has 19 heavy (non-hydrogen) atoms. The SMILES string of the molecule is CCOC(=O)c1cc(Br)c2c(c1)C(=O)CC(C)(C)O2. The van der Waals surface area contributed by atoms with Crippen molar-refractivity contribution in [1.82, 2.24) is 0 Å². The van der Waals surface area contributed by atoms with Crippen LogP contribution in [0.3, 0.4) is 0 Å². The number of rotatable bonds is 2. The lowest BCUT2D eigenvalue weighted by molar-refractivity contribution is 0.0525. The van der Waals surface area contributed by atoms with E-state index in [-0.39, 0.29) is 5.78 Å². The zero-order valence-electron chi connectivity index (χ0n) is 11.1. The molecular formula is C14H15BrO4. The van der Waals surface area contributed by atoms with Gasteiger partial charge in [0.1, 0.15) is 11.4 Å². The van der Waals surface area contributed by atoms with Gasteiger partial charge >= 0.3 is 5.97 Å². The van der Waals surface area contributed by atoms with Crippen molar-refractivity contribution in [2.24, 2.45) is 0 Å². The van der Waals surface area contributed by atoms with Crippen LogP contribution in [-0.2, 0) is 4.74 Å². The van der Waals surface area contributed by atoms with Gasteiger partial charge in [-0.25, -0.2) is 4.79 Å². The first-order valence-electron chi connectivity index (χ1n) is 6.07. The summed E-state index contributed by atoms with van der Waals surface area (Å²) in [5.74, 6) is 0.0241. The Hall–Kier alpha value is -1.36. The second kappa shape index (κ2) is 4.96. The molecule has 0 bridgehead atoms. The number of carbonyl (C=O) groups is 2. The summed E-state index contributed by atoms with van der Waals surface area (Å²) in [4.78, 5) is 23.9. The fraction of sp³-hybridized carbons (Fsp3) is 0.429. The topological polar surface area (TPSA) is 52.6 Å². The number of hydrogen-bond acceptors (Lipinski definition) is 4. The smallest absolute Gasteiger partial charge is 0.338 e. The van der Waals surface area contributed by atoms with E-state index in [1.807, 2.05) is 13.8 Å². The molecule has 0 radical (unpaired) electrons. The number of ketones is 1. The van der Waals surface area contributed by atoms with Gasteiger partial charge in [-0.3, -0.25) is 4.79 Å². The lowest BCUT2D eigenvalue weighted by Crippen LogP contribution is -2.36. The van der Waals surface area contributed by atoms with Crippen LogP contribution < -0.4 is 4.74 Å². The van der Waals surface area contributed by atoms with Crippen molar-refractivity contribution in [2.45, 2.75) is 32.8 Å². The summed E-state index contributed by atoms with van der Waals surface area (Å²) in [6.07, 6.45) is 0.290. The van der Waals surface area contributed by atoms with Crippen LogP contribution in [0, 0.1) is 0 Å². The van der Waals surface area contributed by atoms with E-state index in [2.05, 4.69) is 15.9 Å². The van der Waals surface area contributed by atoms with Crippen molar-refractivity contribution < 1.29 is 19.1 Å². The summed E-state index contributed by atoms with van der Waals surface area (Å²) in [6, 6.07) is 3.15. The number of esters is 1. The molecule has 2 rings (SSSR count). The molecule has 0 aliphatic carbocycles. The number of benzene rings is 1. The van der Waals surface area contributed by atoms with Crippen molar-refractivity contribution >= 4 is 27.7 Å². The van der Waals surface area contributed by atoms with Crippen LogP contribution in [0.1, 0.15) is 47.9 Å². The molecule has 4 nitrogen and oxygen atoms in total. The van der Waals surface area contributed by atoms with Crippen molar-refractivity contribution in [2.75, 3.05) is 6.61 Å². The van der Waals surface area contributed by atoms with Crippen molar-refractivity contribution in [3.63, 3.8) is 0 Å². The number of Topliss-reactive ketones (excluding diaryl/α,β-unsaturated/α-hetero) is 1. The van der Waals surface area contributed by atoms with Crippen LogP contribution in [0.4, 0.5) is 0 Å². The van der Waals surface area contributed by atoms with E-state index in [0.29, 0.717) is 34.4 Å². The average Bonchev–Trinajstić information content (AvgIpc) is 2.29. The van der Waals surface area contributed by atoms with Crippen molar-refractivity contribution in [3.8, 4) is 5.75 Å². The molecule has 1 aliphatic heterocycles. The van der Waals surface area contributed by atoms with Gasteiger partial charge in [-0.15, -0.1) is 0 Å². The number of fused-ring (bicyclic) bond motifs is 1. The maximum absolute atomic E-state index is 12.1. The first-order chi connectivity index (χ1) is 8.84. The minimum absolute atomic E-state index is 0.0295. The molecule has 1 aromatic carbocycles. The zero-order valence-corrected chi connectivity index (χ0v) is 12.7. The van der Waals surface area contributed by atoms with E-state index in [4.69, 9.17) is 9.47 Å². The van der Waals surface area contributed by atoms with Gasteiger partial charge in [0.15, 0.2) is 5.78 Å². The van der Waals surface area contributed by atoms with Gasteiger partial charge in [0.25, 0.3) is 0 Å². The summed E-state index contributed by atoms with van der Waals surface area (Å²) in [6.45, 7) is 5.76. The van der Waals surface area contributed by atoms with E-state index < -0.39 is 11.6 Å². The summed E-state index contributed by atoms with van der Waals surface area (Å²) in [5.41, 5.74) is 0.249. The third-order valence-corrected chi connectivity index (χ3v) is 3.41. The first-order valence-corrected chi connectivity index (χ1v) is 6.86. The Balaban J connectivity index is 2.48. The molecule has 0 atom stereocenters. The Morgan fingerprint density at radius 3 is 2.79 bits per heavy atom. The molecule has 1 aromatic rings. The van der Waals surface area contributed by atoms with Gasteiger partial charge in [0, 0.05) is 0 Å². The predicted octanol–water partition coefficient (Wildman–Crippen LogP) is 3.37. The molecule has 0 unspecified atom stereocenters. The van der Waals surface area contributed by atoms with Gasteiger partial charge in [-0.2, -0.15) is 0 Å². The van der Waals surface area contributed by atoms with Crippen LogP contribution in [0.2, 0.25) is 0 Å².